The number of rotatable bonds is 0. The molecule has 0 N–H and O–H groups in total. The molecule has 1 unspecified atom stereocenters. The number of allylic oxidation sites excluding steroid dienone is 1. The summed E-state index contributed by atoms with van der Waals surface area (Å²) in [4.78, 5) is 0. The Labute approximate surface area is 94.1 Å². The molecular weight excluding hydrogens is 180 g/mol. The summed E-state index contributed by atoms with van der Waals surface area (Å²) in [7, 11) is 0. The lowest BCUT2D eigenvalue weighted by Gasteiger charge is -2.34. The number of fused-ring (bicyclic) bond motifs is 3. The highest BCUT2D eigenvalue weighted by Gasteiger charge is 2.59. The van der Waals surface area contributed by atoms with Crippen molar-refractivity contribution in [3.63, 3.8) is 0 Å². The van der Waals surface area contributed by atoms with Gasteiger partial charge in [-0.3, -0.25) is 0 Å². The lowest BCUT2D eigenvalue weighted by Crippen LogP contribution is -2.27. The lowest BCUT2D eigenvalue weighted by molar-refractivity contribution is 0.207. The highest BCUT2D eigenvalue weighted by Crippen LogP contribution is 2.68. The molecule has 0 spiro atoms. The van der Waals surface area contributed by atoms with Crippen molar-refractivity contribution in [2.24, 2.45) is 28.6 Å². The van der Waals surface area contributed by atoms with E-state index < -0.39 is 0 Å². The topological polar surface area (TPSA) is 0 Å². The zero-order chi connectivity index (χ0) is 10.8. The van der Waals surface area contributed by atoms with Crippen LogP contribution < -0.4 is 0 Å². The van der Waals surface area contributed by atoms with Gasteiger partial charge in [0.25, 0.3) is 0 Å². The minimum absolute atomic E-state index is 0.526. The van der Waals surface area contributed by atoms with Gasteiger partial charge in [0, 0.05) is 0 Å². The van der Waals surface area contributed by atoms with Crippen molar-refractivity contribution in [2.45, 2.75) is 52.9 Å². The maximum absolute atomic E-state index is 4.38. The summed E-state index contributed by atoms with van der Waals surface area (Å²) in [5.74, 6) is 2.97. The van der Waals surface area contributed by atoms with Crippen LogP contribution in [0.25, 0.3) is 0 Å². The van der Waals surface area contributed by atoms with Gasteiger partial charge in [-0.05, 0) is 60.7 Å². The van der Waals surface area contributed by atoms with E-state index in [1.54, 1.807) is 5.57 Å². The Morgan fingerprint density at radius 1 is 1.20 bits per heavy atom. The Balaban J connectivity index is 1.95. The molecular formula is C15H24. The quantitative estimate of drug-likeness (QED) is 0.513. The smallest absolute Gasteiger partial charge is 0.00595 e. The number of hydrogen-bond acceptors (Lipinski definition) is 0. The molecule has 4 atom stereocenters. The Morgan fingerprint density at radius 3 is 2.67 bits per heavy atom. The maximum Gasteiger partial charge on any atom is -0.00595 e. The maximum atomic E-state index is 4.38. The van der Waals surface area contributed by atoms with Gasteiger partial charge in [0.05, 0.1) is 0 Å². The largest absolute Gasteiger partial charge is 0.0993 e. The van der Waals surface area contributed by atoms with E-state index in [2.05, 4.69) is 27.4 Å². The van der Waals surface area contributed by atoms with Crippen LogP contribution in [0.4, 0.5) is 0 Å². The fourth-order valence-corrected chi connectivity index (χ4v) is 5.15. The fourth-order valence-electron chi connectivity index (χ4n) is 5.15. The van der Waals surface area contributed by atoms with Crippen molar-refractivity contribution in [1.29, 1.82) is 0 Å². The van der Waals surface area contributed by atoms with Crippen LogP contribution in [0, 0.1) is 28.6 Å². The first-order valence-corrected chi connectivity index (χ1v) is 6.62. The van der Waals surface area contributed by atoms with Crippen LogP contribution in [-0.4, -0.2) is 0 Å². The Hall–Kier alpha value is -0.260. The molecule has 0 nitrogen and oxygen atoms in total. The van der Waals surface area contributed by atoms with E-state index >= 15 is 0 Å². The van der Waals surface area contributed by atoms with Crippen LogP contribution >= 0.6 is 0 Å². The van der Waals surface area contributed by atoms with Gasteiger partial charge in [0.15, 0.2) is 0 Å². The Morgan fingerprint density at radius 2 is 1.93 bits per heavy atom. The molecule has 84 valence electrons. The molecule has 0 amide bonds. The molecule has 0 radical (unpaired) electrons. The summed E-state index contributed by atoms with van der Waals surface area (Å²) in [6.45, 7) is 11.8. The molecule has 0 bridgehead atoms. The van der Waals surface area contributed by atoms with Crippen molar-refractivity contribution in [1.82, 2.24) is 0 Å². The molecule has 3 saturated carbocycles. The van der Waals surface area contributed by atoms with Crippen molar-refractivity contribution >= 4 is 0 Å². The normalized spacial score (nSPS) is 51.9. The first-order chi connectivity index (χ1) is 6.93. The zero-order valence-electron chi connectivity index (χ0n) is 10.5. The summed E-state index contributed by atoms with van der Waals surface area (Å²) in [6.07, 6.45) is 7.16. The summed E-state index contributed by atoms with van der Waals surface area (Å²) in [5, 5.41) is 0. The predicted molar refractivity (Wildman–Crippen MR) is 64.6 cm³/mol. The molecule has 0 heteroatoms. The van der Waals surface area contributed by atoms with E-state index in [-0.39, 0.29) is 0 Å². The van der Waals surface area contributed by atoms with Crippen LogP contribution in [0.5, 0.6) is 0 Å². The van der Waals surface area contributed by atoms with Gasteiger partial charge in [0.1, 0.15) is 0 Å². The molecule has 0 aliphatic heterocycles. The molecule has 3 fully saturated rings. The Bertz CT molecular complexity index is 312. The van der Waals surface area contributed by atoms with Crippen LogP contribution in [-0.2, 0) is 0 Å². The van der Waals surface area contributed by atoms with Gasteiger partial charge in [0.2, 0.25) is 0 Å². The van der Waals surface area contributed by atoms with Crippen molar-refractivity contribution in [2.75, 3.05) is 0 Å². The third-order valence-corrected chi connectivity index (χ3v) is 5.92. The minimum Gasteiger partial charge on any atom is -0.0993 e. The molecule has 0 aromatic rings. The highest BCUT2D eigenvalue weighted by atomic mass is 14.6. The predicted octanol–water partition coefficient (Wildman–Crippen LogP) is 4.42. The van der Waals surface area contributed by atoms with Crippen LogP contribution in [0.3, 0.4) is 0 Å². The van der Waals surface area contributed by atoms with Gasteiger partial charge in [-0.15, -0.1) is 0 Å². The SMILES string of the molecule is C=C1CCC2C[C@H]3CC(C)(C)C[C@H]3[C@]12C. The second-order valence-corrected chi connectivity index (χ2v) is 7.30. The zero-order valence-corrected chi connectivity index (χ0v) is 10.5. The first kappa shape index (κ1) is 9.93. The van der Waals surface area contributed by atoms with E-state index in [0.717, 1.165) is 17.8 Å². The lowest BCUT2D eigenvalue weighted by atomic mass is 9.70. The van der Waals surface area contributed by atoms with E-state index in [1.165, 1.54) is 32.1 Å². The van der Waals surface area contributed by atoms with Gasteiger partial charge in [-0.1, -0.05) is 32.9 Å². The van der Waals surface area contributed by atoms with Crippen molar-refractivity contribution < 1.29 is 0 Å². The molecule has 0 heterocycles. The monoisotopic (exact) mass is 204 g/mol. The molecule has 15 heavy (non-hydrogen) atoms. The van der Waals surface area contributed by atoms with Crippen molar-refractivity contribution in [3.8, 4) is 0 Å². The van der Waals surface area contributed by atoms with E-state index in [1.807, 2.05) is 0 Å². The van der Waals surface area contributed by atoms with Crippen molar-refractivity contribution in [3.05, 3.63) is 12.2 Å². The summed E-state index contributed by atoms with van der Waals surface area (Å²) < 4.78 is 0. The fraction of sp³-hybridized carbons (Fsp3) is 0.867. The molecule has 3 aliphatic carbocycles. The highest BCUT2D eigenvalue weighted by molar-refractivity contribution is 5.24. The minimum atomic E-state index is 0.526. The van der Waals surface area contributed by atoms with Gasteiger partial charge in [-0.2, -0.15) is 0 Å². The summed E-state index contributed by atoms with van der Waals surface area (Å²) in [5.41, 5.74) is 2.71. The summed E-state index contributed by atoms with van der Waals surface area (Å²) >= 11 is 0. The average molecular weight is 204 g/mol. The molecule has 3 aliphatic rings. The standard InChI is InChI=1S/C15H24/c1-10-5-6-12-7-11-8-14(2,3)9-13(11)15(10,12)4/h11-13H,1,5-9H2,2-4H3/t11-,12?,13+,15+/m0/s1. The van der Waals surface area contributed by atoms with Crippen LogP contribution in [0.1, 0.15) is 52.9 Å². The molecule has 3 rings (SSSR count). The van der Waals surface area contributed by atoms with Crippen LogP contribution in [0.2, 0.25) is 0 Å². The van der Waals surface area contributed by atoms with Gasteiger partial charge in [-0.25, -0.2) is 0 Å². The van der Waals surface area contributed by atoms with Gasteiger partial charge < -0.3 is 0 Å². The second-order valence-electron chi connectivity index (χ2n) is 7.30. The van der Waals surface area contributed by atoms with Gasteiger partial charge >= 0.3 is 0 Å². The van der Waals surface area contributed by atoms with E-state index in [0.29, 0.717) is 10.8 Å². The number of hydrogen-bond donors (Lipinski definition) is 0. The Kier molecular flexibility index (Phi) is 1.79. The molecule has 0 saturated heterocycles. The summed E-state index contributed by atoms with van der Waals surface area (Å²) in [6, 6.07) is 0. The third kappa shape index (κ3) is 1.14. The molecule has 0 aromatic carbocycles. The van der Waals surface area contributed by atoms with E-state index in [4.69, 9.17) is 0 Å². The van der Waals surface area contributed by atoms with E-state index in [9.17, 15) is 0 Å². The average Bonchev–Trinajstić information content (AvgIpc) is 2.65. The van der Waals surface area contributed by atoms with Crippen LogP contribution in [0.15, 0.2) is 12.2 Å². The third-order valence-electron chi connectivity index (χ3n) is 5.92. The second kappa shape index (κ2) is 2.70. The first-order valence-electron chi connectivity index (χ1n) is 6.62. The molecule has 0 aromatic heterocycles.